The van der Waals surface area contributed by atoms with Crippen LogP contribution in [-0.2, 0) is 9.53 Å². The molecule has 0 aromatic carbocycles. The van der Waals surface area contributed by atoms with Gasteiger partial charge >= 0.3 is 5.97 Å². The maximum atomic E-state index is 11.0. The normalized spacial score (nSPS) is 12.6. The Morgan fingerprint density at radius 3 is 2.80 bits per heavy atom. The quantitative estimate of drug-likeness (QED) is 0.172. The van der Waals surface area contributed by atoms with Crippen LogP contribution >= 0.6 is 0 Å². The highest BCUT2D eigenvalue weighted by molar-refractivity contribution is 6.57. The molecule has 0 aliphatic carbocycles. The van der Waals surface area contributed by atoms with Crippen molar-refractivity contribution in [2.24, 2.45) is 0 Å². The molecule has 0 spiro atoms. The third kappa shape index (κ3) is 10.2. The third-order valence-electron chi connectivity index (χ3n) is 1.63. The molecule has 0 aromatic heterocycles. The molecule has 88 valence electrons. The molecule has 0 radical (unpaired) electrons. The molecule has 3 N–H and O–H groups in total. The number of hydrogen-bond acceptors (Lipinski definition) is 5. The highest BCUT2D eigenvalue weighted by Gasteiger charge is 2.01. The summed E-state index contributed by atoms with van der Waals surface area (Å²) in [6, 6.07) is 1.00. The molecule has 15 heavy (non-hydrogen) atoms. The topological polar surface area (TPSA) is 62.4 Å². The fraction of sp³-hybridized carbons (Fsp3) is 0.500. The summed E-state index contributed by atoms with van der Waals surface area (Å²) in [5.41, 5.74) is 0.477. The summed E-state index contributed by atoms with van der Waals surface area (Å²) in [6.07, 6.45) is 0. The molecule has 0 amide bonds. The van der Waals surface area contributed by atoms with Crippen LogP contribution in [0, 0.1) is 0 Å². The molecule has 9 heteroatoms. The first-order valence-electron chi connectivity index (χ1n) is 5.07. The number of nitrogens with one attached hydrogen (secondary N) is 3. The second-order valence-corrected chi connectivity index (χ2v) is 12.0. The maximum absolute atomic E-state index is 11.0. The third-order valence-corrected chi connectivity index (χ3v) is 8.10. The van der Waals surface area contributed by atoms with Crippen molar-refractivity contribution in [2.45, 2.75) is 13.0 Å². The van der Waals surface area contributed by atoms with E-state index in [2.05, 4.69) is 20.5 Å². The van der Waals surface area contributed by atoms with Crippen LogP contribution in [0.4, 0.5) is 0 Å². The second kappa shape index (κ2) is 10.5. The van der Waals surface area contributed by atoms with Crippen LogP contribution in [0.25, 0.3) is 0 Å². The first-order valence-corrected chi connectivity index (χ1v) is 10.6. The van der Waals surface area contributed by atoms with E-state index in [0.717, 1.165) is 16.4 Å². The van der Waals surface area contributed by atoms with Crippen molar-refractivity contribution in [2.75, 3.05) is 6.61 Å². The van der Waals surface area contributed by atoms with Gasteiger partial charge in [0.1, 0.15) is 0 Å². The number of carbonyl (C=O) groups is 1. The van der Waals surface area contributed by atoms with Crippen LogP contribution < -0.4 is 13.9 Å². The molecule has 0 aromatic rings. The zero-order valence-electron chi connectivity index (χ0n) is 9.56. The second-order valence-electron chi connectivity index (χ2n) is 3.23. The maximum Gasteiger partial charge on any atom is 0.333 e. The van der Waals surface area contributed by atoms with Gasteiger partial charge in [-0.15, -0.1) is 0 Å². The molecule has 0 atom stereocenters. The minimum Gasteiger partial charge on any atom is -0.463 e. The Labute approximate surface area is 101 Å². The first kappa shape index (κ1) is 15.0. The predicted molar refractivity (Wildman–Crippen MR) is 75.6 cm³/mol. The zero-order chi connectivity index (χ0) is 11.5. The Kier molecular flexibility index (Phi) is 10.4. The molecule has 0 bridgehead atoms. The zero-order valence-corrected chi connectivity index (χ0v) is 15.8. The Morgan fingerprint density at radius 1 is 1.47 bits per heavy atom. The summed E-state index contributed by atoms with van der Waals surface area (Å²) in [5, 5.41) is 0. The van der Waals surface area contributed by atoms with Gasteiger partial charge in [-0.1, -0.05) is 6.58 Å². The highest BCUT2D eigenvalue weighted by Crippen LogP contribution is 1.92. The highest BCUT2D eigenvalue weighted by atomic mass is 28.3. The lowest BCUT2D eigenvalue weighted by Crippen LogP contribution is -2.42. The number of rotatable bonds is 9. The minimum atomic E-state index is -0.271. The summed E-state index contributed by atoms with van der Waals surface area (Å²) in [7, 11) is 0.466. The molecule has 5 nitrogen and oxygen atoms in total. The van der Waals surface area contributed by atoms with Crippen LogP contribution in [0.3, 0.4) is 0 Å². The summed E-state index contributed by atoms with van der Waals surface area (Å²) >= 11 is 0. The lowest BCUT2D eigenvalue weighted by atomic mass is 10.4. The van der Waals surface area contributed by atoms with Crippen LogP contribution in [0.1, 0.15) is 6.92 Å². The lowest BCUT2D eigenvalue weighted by molar-refractivity contribution is -0.138. The molecule has 0 saturated heterocycles. The van der Waals surface area contributed by atoms with E-state index in [4.69, 9.17) is 4.74 Å². The lowest BCUT2D eigenvalue weighted by Gasteiger charge is -2.05. The van der Waals surface area contributed by atoms with Gasteiger partial charge in [-0.2, -0.15) is 0 Å². The van der Waals surface area contributed by atoms with Gasteiger partial charge in [0.25, 0.3) is 0 Å². The monoisotopic (exact) mass is 279 g/mol. The molecule has 0 saturated carbocycles. The average molecular weight is 280 g/mol. The summed E-state index contributed by atoms with van der Waals surface area (Å²) in [4.78, 5) is 11.0. The van der Waals surface area contributed by atoms with Crippen molar-refractivity contribution in [1.29, 1.82) is 0 Å². The van der Waals surface area contributed by atoms with Crippen molar-refractivity contribution in [3.05, 3.63) is 12.2 Å². The van der Waals surface area contributed by atoms with Gasteiger partial charge in [0, 0.05) is 5.57 Å². The number of hydrogen-bond donors (Lipinski definition) is 3. The van der Waals surface area contributed by atoms with Gasteiger partial charge in [-0.3, -0.25) is 0 Å². The molecule has 0 unspecified atom stereocenters. The van der Waals surface area contributed by atoms with Crippen molar-refractivity contribution in [3.63, 3.8) is 0 Å². The molecule has 0 rings (SSSR count). The van der Waals surface area contributed by atoms with Crippen LogP contribution in [-0.4, -0.2) is 52.3 Å². The van der Waals surface area contributed by atoms with Crippen LogP contribution in [0.15, 0.2) is 12.2 Å². The summed E-state index contributed by atoms with van der Waals surface area (Å²) in [6.45, 7) is 5.73. The van der Waals surface area contributed by atoms with Gasteiger partial charge in [-0.05, 0) is 13.0 Å². The summed E-state index contributed by atoms with van der Waals surface area (Å²) in [5.74, 6) is -0.271. The SMILES string of the molecule is C=C(C)C(=O)OCC[SiH2]N[SiH2]N[SiH2]N[SiH3]. The van der Waals surface area contributed by atoms with Crippen molar-refractivity contribution < 1.29 is 9.53 Å². The van der Waals surface area contributed by atoms with E-state index in [1.807, 2.05) is 0 Å². The van der Waals surface area contributed by atoms with Gasteiger partial charge in [0.15, 0.2) is 19.7 Å². The largest absolute Gasteiger partial charge is 0.463 e. The molecule has 0 aliphatic rings. The van der Waals surface area contributed by atoms with Crippen molar-refractivity contribution in [3.8, 4) is 0 Å². The van der Waals surface area contributed by atoms with Gasteiger partial charge in [0.05, 0.1) is 26.7 Å². The standard InChI is InChI=1S/C6H21N3O2Si4/c1-5(2)6(10)11-3-4-13-8-15-9-14-7-12/h7-9H,1,3-4,13-15H2,2,12H3. The average Bonchev–Trinajstić information content (AvgIpc) is 2.21. The first-order chi connectivity index (χ1) is 7.18. The van der Waals surface area contributed by atoms with Crippen molar-refractivity contribution >= 4 is 45.7 Å². The van der Waals surface area contributed by atoms with E-state index in [0.29, 0.717) is 12.2 Å². The number of esters is 1. The fourth-order valence-corrected chi connectivity index (χ4v) is 8.89. The molecule has 0 aliphatic heterocycles. The Balaban J connectivity index is 3.11. The Hall–Kier alpha value is -0.0425. The molecular weight excluding hydrogens is 258 g/mol. The number of ether oxygens (including phenoxy) is 1. The smallest absolute Gasteiger partial charge is 0.333 e. The van der Waals surface area contributed by atoms with E-state index >= 15 is 0 Å². The van der Waals surface area contributed by atoms with Gasteiger partial charge < -0.3 is 18.7 Å². The van der Waals surface area contributed by atoms with E-state index in [-0.39, 0.29) is 35.3 Å². The number of carbonyl (C=O) groups excluding carboxylic acids is 1. The van der Waals surface area contributed by atoms with E-state index in [1.165, 1.54) is 0 Å². The predicted octanol–water partition coefficient (Wildman–Crippen LogP) is -4.35. The Bertz CT molecular complexity index is 205. The van der Waals surface area contributed by atoms with E-state index in [9.17, 15) is 4.79 Å². The van der Waals surface area contributed by atoms with Crippen molar-refractivity contribution in [1.82, 2.24) is 13.9 Å². The molecule has 0 fully saturated rings. The molecular formula is C6H21N3O2Si4. The Morgan fingerprint density at radius 2 is 2.20 bits per heavy atom. The summed E-state index contributed by atoms with van der Waals surface area (Å²) < 4.78 is 15.2. The van der Waals surface area contributed by atoms with E-state index < -0.39 is 0 Å². The van der Waals surface area contributed by atoms with E-state index in [1.54, 1.807) is 6.92 Å². The van der Waals surface area contributed by atoms with Crippen LogP contribution in [0.5, 0.6) is 0 Å². The molecule has 0 heterocycles. The van der Waals surface area contributed by atoms with Crippen LogP contribution in [0.2, 0.25) is 6.04 Å². The van der Waals surface area contributed by atoms with Gasteiger partial charge in [0.2, 0.25) is 0 Å². The van der Waals surface area contributed by atoms with Gasteiger partial charge in [-0.25, -0.2) is 4.79 Å². The fourth-order valence-electron chi connectivity index (χ4n) is 0.850. The minimum absolute atomic E-state index is 0.155.